The van der Waals surface area contributed by atoms with Gasteiger partial charge in [0, 0.05) is 67.0 Å². The minimum Gasteiger partial charge on any atom is -0.508 e. The lowest BCUT2D eigenvalue weighted by atomic mass is 9.92. The lowest BCUT2D eigenvalue weighted by Crippen LogP contribution is -2.52. The highest BCUT2D eigenvalue weighted by atomic mass is 19.1. The molecule has 0 aliphatic carbocycles. The van der Waals surface area contributed by atoms with E-state index < -0.39 is 5.82 Å². The van der Waals surface area contributed by atoms with Gasteiger partial charge in [-0.2, -0.15) is 0 Å². The normalized spacial score (nSPS) is 17.7. The highest BCUT2D eigenvalue weighted by molar-refractivity contribution is 6.09. The van der Waals surface area contributed by atoms with Crippen molar-refractivity contribution in [3.63, 3.8) is 0 Å². The molecule has 4 aliphatic heterocycles. The van der Waals surface area contributed by atoms with E-state index in [-0.39, 0.29) is 36.9 Å². The van der Waals surface area contributed by atoms with Crippen LogP contribution in [0, 0.1) is 12.7 Å². The second-order valence-corrected chi connectivity index (χ2v) is 15.2. The number of carbonyl (C=O) groups excluding carboxylic acids is 2. The van der Waals surface area contributed by atoms with Gasteiger partial charge in [-0.15, -0.1) is 0 Å². The Morgan fingerprint density at radius 3 is 2.43 bits per heavy atom. The first kappa shape index (κ1) is 36.0. The maximum Gasteiger partial charge on any atom is 0.260 e. The van der Waals surface area contributed by atoms with Crippen LogP contribution >= 0.6 is 0 Å². The number of benzene rings is 4. The minimum absolute atomic E-state index is 0.00318. The summed E-state index contributed by atoms with van der Waals surface area (Å²) >= 11 is 0. The summed E-state index contributed by atoms with van der Waals surface area (Å²) in [4.78, 5) is 36.1. The number of aryl methyl sites for hydroxylation is 1. The van der Waals surface area contributed by atoms with Crippen molar-refractivity contribution in [3.05, 3.63) is 130 Å². The van der Waals surface area contributed by atoms with Crippen LogP contribution in [0.4, 0.5) is 10.1 Å². The lowest BCUT2D eigenvalue weighted by molar-refractivity contribution is 0.0193. The maximum absolute atomic E-state index is 15.3. The molecule has 1 aromatic heterocycles. The Hall–Kier alpha value is -5.65. The number of hydrogen-bond donors (Lipinski definition) is 1. The summed E-state index contributed by atoms with van der Waals surface area (Å²) < 4.78 is 34.9. The van der Waals surface area contributed by atoms with Crippen LogP contribution in [0.5, 0.6) is 17.2 Å². The van der Waals surface area contributed by atoms with Crippen LogP contribution in [0.15, 0.2) is 84.9 Å². The molecule has 5 aromatic rings. The molecule has 56 heavy (non-hydrogen) atoms. The highest BCUT2D eigenvalue weighted by Crippen LogP contribution is 2.42. The van der Waals surface area contributed by atoms with Crippen molar-refractivity contribution in [2.75, 3.05) is 44.5 Å². The zero-order valence-electron chi connectivity index (χ0n) is 31.5. The van der Waals surface area contributed by atoms with Crippen molar-refractivity contribution >= 4 is 17.5 Å². The third kappa shape index (κ3) is 6.79. The van der Waals surface area contributed by atoms with Crippen molar-refractivity contribution in [2.45, 2.75) is 58.3 Å². The van der Waals surface area contributed by atoms with Gasteiger partial charge in [0.2, 0.25) is 6.79 Å². The van der Waals surface area contributed by atoms with Crippen LogP contribution in [-0.2, 0) is 37.2 Å². The van der Waals surface area contributed by atoms with Gasteiger partial charge in [0.05, 0.1) is 30.9 Å². The number of aromatic hydroxyl groups is 1. The Morgan fingerprint density at radius 1 is 0.875 bits per heavy atom. The minimum atomic E-state index is -0.392. The van der Waals surface area contributed by atoms with E-state index in [1.807, 2.05) is 36.1 Å². The summed E-state index contributed by atoms with van der Waals surface area (Å²) in [6.45, 7) is 6.75. The van der Waals surface area contributed by atoms with Crippen molar-refractivity contribution in [3.8, 4) is 28.5 Å². The first-order chi connectivity index (χ1) is 27.3. The molecule has 9 rings (SSSR count). The fourth-order valence-corrected chi connectivity index (χ4v) is 8.72. The summed E-state index contributed by atoms with van der Waals surface area (Å²) in [5, 5.41) is 10.1. The summed E-state index contributed by atoms with van der Waals surface area (Å²) in [6, 6.07) is 25.2. The highest BCUT2D eigenvalue weighted by Gasteiger charge is 2.36. The molecule has 0 saturated carbocycles. The quantitative estimate of drug-likeness (QED) is 0.180. The van der Waals surface area contributed by atoms with Gasteiger partial charge < -0.3 is 33.7 Å². The Kier molecular flexibility index (Phi) is 9.72. The summed E-state index contributed by atoms with van der Waals surface area (Å²) in [5.74, 6) is 0.339. The van der Waals surface area contributed by atoms with Crippen molar-refractivity contribution in [2.24, 2.45) is 0 Å². The van der Waals surface area contributed by atoms with Crippen LogP contribution in [0.25, 0.3) is 11.3 Å². The Morgan fingerprint density at radius 2 is 1.64 bits per heavy atom. The van der Waals surface area contributed by atoms with E-state index >= 15 is 9.18 Å². The number of fused-ring (bicyclic) bond motifs is 3. The Bertz CT molecular complexity index is 2280. The van der Waals surface area contributed by atoms with E-state index in [4.69, 9.17) is 14.2 Å². The molecule has 10 nitrogen and oxygen atoms in total. The number of nitrogens with zero attached hydrogens (tertiary/aromatic N) is 4. The molecule has 2 amide bonds. The first-order valence-corrected chi connectivity index (χ1v) is 19.5. The first-order valence-electron chi connectivity index (χ1n) is 19.5. The number of phenolic OH excluding ortho intramolecular Hbond substituents is 1. The predicted octanol–water partition coefficient (Wildman–Crippen LogP) is 7.12. The zero-order chi connectivity index (χ0) is 38.3. The number of phenols is 1. The van der Waals surface area contributed by atoms with Crippen LogP contribution in [-0.4, -0.2) is 77.0 Å². The molecule has 4 aliphatic rings. The molecule has 288 valence electrons. The topological polar surface area (TPSA) is 96.7 Å². The Labute approximate surface area is 325 Å². The van der Waals surface area contributed by atoms with Gasteiger partial charge in [0.25, 0.3) is 11.8 Å². The average Bonchev–Trinajstić information content (AvgIpc) is 3.85. The number of morpholine rings is 1. The fourth-order valence-electron chi connectivity index (χ4n) is 8.72. The molecular formula is C45H45FN4O6. The summed E-state index contributed by atoms with van der Waals surface area (Å²) in [5.41, 5.74) is 7.35. The fraction of sp³-hybridized carbons (Fsp3) is 0.333. The zero-order valence-corrected chi connectivity index (χ0v) is 31.5. The smallest absolute Gasteiger partial charge is 0.260 e. The second kappa shape index (κ2) is 15.1. The van der Waals surface area contributed by atoms with Gasteiger partial charge in [0.1, 0.15) is 11.6 Å². The van der Waals surface area contributed by atoms with Crippen molar-refractivity contribution in [1.29, 1.82) is 0 Å². The van der Waals surface area contributed by atoms with Crippen LogP contribution in [0.1, 0.15) is 61.5 Å². The molecule has 1 atom stereocenters. The molecule has 4 aromatic carbocycles. The molecule has 5 heterocycles. The molecular weight excluding hydrogens is 712 g/mol. The van der Waals surface area contributed by atoms with E-state index in [9.17, 15) is 9.90 Å². The monoisotopic (exact) mass is 756 g/mol. The molecule has 0 bridgehead atoms. The van der Waals surface area contributed by atoms with E-state index in [0.717, 1.165) is 61.4 Å². The molecule has 0 radical (unpaired) electrons. The standard InChI is InChI=1S/C45H45FN4O6/c1-29-7-6-10-39(46)38(29)27-50(32-12-14-34(51)15-13-32)45(53)37-22-41(48-16-5-4-11-40(37)48)35-23-42-43(56-28-55-42)24-36(35)44(52)49-25-31-9-3-2-8-30(31)21-33(49)26-47-17-19-54-20-18-47/h2-3,6-10,12-15,22-24,33,51H,4-5,11,16-21,25-28H2,1H3. The largest absolute Gasteiger partial charge is 0.508 e. The van der Waals surface area contributed by atoms with Crippen molar-refractivity contribution < 1.29 is 33.3 Å². The molecule has 1 fully saturated rings. The molecule has 0 spiro atoms. The SMILES string of the molecule is Cc1cccc(F)c1CN(C(=O)c1cc(-c2cc3c(cc2C(=O)N2Cc4ccccc4CC2CN2CCOCC2)OCO3)n2c1CCCC2)c1ccc(O)cc1. The van der Waals surface area contributed by atoms with Gasteiger partial charge in [-0.1, -0.05) is 36.4 Å². The van der Waals surface area contributed by atoms with Gasteiger partial charge >= 0.3 is 0 Å². The number of rotatable bonds is 8. The molecule has 1 N–H and O–H groups in total. The summed E-state index contributed by atoms with van der Waals surface area (Å²) in [6.07, 6.45) is 3.23. The van der Waals surface area contributed by atoms with Gasteiger partial charge in [-0.25, -0.2) is 4.39 Å². The third-order valence-corrected chi connectivity index (χ3v) is 11.8. The second-order valence-electron chi connectivity index (χ2n) is 15.2. The summed E-state index contributed by atoms with van der Waals surface area (Å²) in [7, 11) is 0. The number of ether oxygens (including phenoxy) is 3. The third-order valence-electron chi connectivity index (χ3n) is 11.8. The van der Waals surface area contributed by atoms with E-state index in [0.29, 0.717) is 72.2 Å². The lowest BCUT2D eigenvalue weighted by Gasteiger charge is -2.40. The number of halogens is 1. The van der Waals surface area contributed by atoms with E-state index in [2.05, 4.69) is 27.7 Å². The van der Waals surface area contributed by atoms with Crippen LogP contribution < -0.4 is 14.4 Å². The number of amides is 2. The van der Waals surface area contributed by atoms with Crippen molar-refractivity contribution in [1.82, 2.24) is 14.4 Å². The van der Waals surface area contributed by atoms with Gasteiger partial charge in [-0.05, 0) is 97.8 Å². The molecule has 1 unspecified atom stereocenters. The molecule has 11 heteroatoms. The maximum atomic E-state index is 15.3. The van der Waals surface area contributed by atoms with Gasteiger partial charge in [0.15, 0.2) is 11.5 Å². The number of anilines is 1. The number of aromatic nitrogens is 1. The number of carbonyl (C=O) groups is 2. The van der Waals surface area contributed by atoms with E-state index in [1.165, 1.54) is 23.8 Å². The number of hydrogen-bond acceptors (Lipinski definition) is 7. The molecule has 1 saturated heterocycles. The van der Waals surface area contributed by atoms with E-state index in [1.54, 1.807) is 29.2 Å². The van der Waals surface area contributed by atoms with Crippen LogP contribution in [0.3, 0.4) is 0 Å². The average molecular weight is 757 g/mol. The van der Waals surface area contributed by atoms with Crippen LogP contribution in [0.2, 0.25) is 0 Å². The predicted molar refractivity (Wildman–Crippen MR) is 210 cm³/mol. The van der Waals surface area contributed by atoms with Gasteiger partial charge in [-0.3, -0.25) is 14.5 Å². The Balaban J connectivity index is 1.14.